The highest BCUT2D eigenvalue weighted by Crippen LogP contribution is 2.37. The van der Waals surface area contributed by atoms with Gasteiger partial charge in [0.15, 0.2) is 5.82 Å². The molecule has 10 heteroatoms. The van der Waals surface area contributed by atoms with Crippen molar-refractivity contribution in [1.82, 2.24) is 24.7 Å². The highest BCUT2D eigenvalue weighted by molar-refractivity contribution is 5.86. The van der Waals surface area contributed by atoms with Crippen LogP contribution < -0.4 is 10.5 Å². The maximum absolute atomic E-state index is 5.96. The summed E-state index contributed by atoms with van der Waals surface area (Å²) in [6.07, 6.45) is 7.10. The van der Waals surface area contributed by atoms with Gasteiger partial charge in [-0.15, -0.1) is 47.4 Å². The van der Waals surface area contributed by atoms with Crippen LogP contribution in [0, 0.1) is 0 Å². The first-order chi connectivity index (χ1) is 12.3. The molecule has 2 N–H and O–H groups in total. The average molecular weight is 446 g/mol. The lowest BCUT2D eigenvalue weighted by Crippen LogP contribution is -2.36. The summed E-state index contributed by atoms with van der Waals surface area (Å²) in [5, 5.41) is 8.86. The molecule has 152 valence electrons. The molecule has 0 spiro atoms. The van der Waals surface area contributed by atoms with Crippen molar-refractivity contribution in [2.45, 2.75) is 31.7 Å². The van der Waals surface area contributed by atoms with Crippen LogP contribution in [-0.4, -0.2) is 37.4 Å². The van der Waals surface area contributed by atoms with E-state index in [1.807, 2.05) is 31.2 Å². The third kappa shape index (κ3) is 4.72. The maximum atomic E-state index is 5.96. The molecule has 0 unspecified atom stereocenters. The van der Waals surface area contributed by atoms with E-state index in [2.05, 4.69) is 24.7 Å². The van der Waals surface area contributed by atoms with Gasteiger partial charge in [-0.25, -0.2) is 4.98 Å². The number of hydrogen-bond acceptors (Lipinski definition) is 6. The van der Waals surface area contributed by atoms with Gasteiger partial charge in [0.05, 0.1) is 18.5 Å². The van der Waals surface area contributed by atoms with Crippen LogP contribution in [0.2, 0.25) is 0 Å². The van der Waals surface area contributed by atoms with Crippen LogP contribution in [0.3, 0.4) is 0 Å². The number of ether oxygens (including phenoxy) is 1. The molecule has 7 nitrogen and oxygen atoms in total. The Balaban J connectivity index is 0.00000131. The molecule has 0 radical (unpaired) electrons. The second-order valence-corrected chi connectivity index (χ2v) is 6.16. The number of rotatable bonds is 5. The van der Waals surface area contributed by atoms with E-state index >= 15 is 0 Å². The first kappa shape index (κ1) is 24.1. The minimum atomic E-state index is 0. The molecule has 0 amide bonds. The molecule has 4 rings (SSSR count). The monoisotopic (exact) mass is 444 g/mol. The SMILES string of the molecule is CCOc1ccc(-c2nnc([C@H]3C[C@H](N)C3)n2-c2ccncc2)nc1.Cl.Cl.Cl. The lowest BCUT2D eigenvalue weighted by molar-refractivity contribution is 0.335. The fourth-order valence-corrected chi connectivity index (χ4v) is 3.11. The van der Waals surface area contributed by atoms with Crippen molar-refractivity contribution < 1.29 is 4.74 Å². The molecule has 3 aromatic heterocycles. The summed E-state index contributed by atoms with van der Waals surface area (Å²) in [5.41, 5.74) is 7.69. The summed E-state index contributed by atoms with van der Waals surface area (Å²) in [7, 11) is 0. The number of aromatic nitrogens is 5. The van der Waals surface area contributed by atoms with Gasteiger partial charge < -0.3 is 10.5 Å². The van der Waals surface area contributed by atoms with Crippen molar-refractivity contribution in [2.75, 3.05) is 6.61 Å². The van der Waals surface area contributed by atoms with Crippen LogP contribution in [0.4, 0.5) is 0 Å². The zero-order chi connectivity index (χ0) is 17.2. The van der Waals surface area contributed by atoms with Crippen LogP contribution in [0.15, 0.2) is 42.9 Å². The lowest BCUT2D eigenvalue weighted by atomic mass is 9.80. The first-order valence-corrected chi connectivity index (χ1v) is 8.46. The number of halogens is 3. The predicted molar refractivity (Wildman–Crippen MR) is 115 cm³/mol. The quantitative estimate of drug-likeness (QED) is 0.645. The van der Waals surface area contributed by atoms with E-state index in [-0.39, 0.29) is 43.3 Å². The Morgan fingerprint density at radius 1 is 1.07 bits per heavy atom. The Bertz CT molecular complexity index is 854. The fraction of sp³-hybridized carbons (Fsp3) is 0.333. The summed E-state index contributed by atoms with van der Waals surface area (Å²) >= 11 is 0. The van der Waals surface area contributed by atoms with Gasteiger partial charge in [-0.3, -0.25) is 9.55 Å². The second kappa shape index (κ2) is 10.6. The number of nitrogens with zero attached hydrogens (tertiary/aromatic N) is 5. The van der Waals surface area contributed by atoms with Crippen molar-refractivity contribution in [3.63, 3.8) is 0 Å². The summed E-state index contributed by atoms with van der Waals surface area (Å²) in [6.45, 7) is 2.56. The van der Waals surface area contributed by atoms with Crippen molar-refractivity contribution in [3.8, 4) is 23.0 Å². The van der Waals surface area contributed by atoms with E-state index in [0.717, 1.165) is 35.8 Å². The molecular weight excluding hydrogens is 423 g/mol. The lowest BCUT2D eigenvalue weighted by Gasteiger charge is -2.31. The van der Waals surface area contributed by atoms with Crippen LogP contribution in [0.25, 0.3) is 17.2 Å². The fourth-order valence-electron chi connectivity index (χ4n) is 3.11. The van der Waals surface area contributed by atoms with Gasteiger partial charge in [0.2, 0.25) is 0 Å². The minimum Gasteiger partial charge on any atom is -0.492 e. The second-order valence-electron chi connectivity index (χ2n) is 6.16. The predicted octanol–water partition coefficient (Wildman–Crippen LogP) is 3.59. The molecule has 0 atom stereocenters. The number of hydrogen-bond donors (Lipinski definition) is 1. The van der Waals surface area contributed by atoms with Crippen LogP contribution in [-0.2, 0) is 0 Å². The van der Waals surface area contributed by atoms with Gasteiger partial charge >= 0.3 is 0 Å². The Hall–Kier alpha value is -1.93. The maximum Gasteiger partial charge on any atom is 0.187 e. The highest BCUT2D eigenvalue weighted by atomic mass is 35.5. The van der Waals surface area contributed by atoms with Crippen LogP contribution >= 0.6 is 37.2 Å². The summed E-state index contributed by atoms with van der Waals surface area (Å²) < 4.78 is 7.52. The molecule has 1 saturated carbocycles. The summed E-state index contributed by atoms with van der Waals surface area (Å²) in [6, 6.07) is 7.95. The van der Waals surface area contributed by atoms with E-state index in [1.54, 1.807) is 18.6 Å². The topological polar surface area (TPSA) is 91.7 Å². The van der Waals surface area contributed by atoms with Gasteiger partial charge in [0.25, 0.3) is 0 Å². The zero-order valence-corrected chi connectivity index (χ0v) is 17.7. The third-order valence-electron chi connectivity index (χ3n) is 4.43. The van der Waals surface area contributed by atoms with Gasteiger partial charge in [0.1, 0.15) is 17.3 Å². The van der Waals surface area contributed by atoms with Crippen molar-refractivity contribution in [2.24, 2.45) is 5.73 Å². The molecule has 0 bridgehead atoms. The van der Waals surface area contributed by atoms with E-state index in [1.165, 1.54) is 0 Å². The van der Waals surface area contributed by atoms with E-state index in [9.17, 15) is 0 Å². The molecule has 1 aliphatic carbocycles. The molecular formula is C18H23Cl3N6O. The molecule has 1 aliphatic rings. The molecule has 0 aromatic carbocycles. The number of pyridine rings is 2. The van der Waals surface area contributed by atoms with E-state index in [4.69, 9.17) is 10.5 Å². The standard InChI is InChI=1S/C18H20N6O.3ClH/c1-2-25-15-3-4-16(21-11-15)18-23-22-17(12-9-13(19)10-12)24(18)14-5-7-20-8-6-14;;;/h3-8,11-13H,2,9-10,19H2,1H3;3*1H/t12-,13-;;;. The Morgan fingerprint density at radius 2 is 1.79 bits per heavy atom. The highest BCUT2D eigenvalue weighted by Gasteiger charge is 2.33. The zero-order valence-electron chi connectivity index (χ0n) is 15.3. The van der Waals surface area contributed by atoms with Gasteiger partial charge in [-0.2, -0.15) is 0 Å². The normalized spacial score (nSPS) is 17.4. The smallest absolute Gasteiger partial charge is 0.187 e. The Kier molecular flexibility index (Phi) is 9.10. The largest absolute Gasteiger partial charge is 0.492 e. The minimum absolute atomic E-state index is 0. The van der Waals surface area contributed by atoms with E-state index in [0.29, 0.717) is 18.3 Å². The van der Waals surface area contributed by atoms with Crippen molar-refractivity contribution >= 4 is 37.2 Å². The van der Waals surface area contributed by atoms with Crippen molar-refractivity contribution in [3.05, 3.63) is 48.7 Å². The molecule has 3 heterocycles. The molecule has 3 aromatic rings. The average Bonchev–Trinajstić information content (AvgIpc) is 3.05. The van der Waals surface area contributed by atoms with Gasteiger partial charge in [-0.1, -0.05) is 0 Å². The molecule has 28 heavy (non-hydrogen) atoms. The van der Waals surface area contributed by atoms with Gasteiger partial charge in [-0.05, 0) is 44.0 Å². The molecule has 0 saturated heterocycles. The molecule has 0 aliphatic heterocycles. The van der Waals surface area contributed by atoms with E-state index < -0.39 is 0 Å². The third-order valence-corrected chi connectivity index (χ3v) is 4.43. The first-order valence-electron chi connectivity index (χ1n) is 8.46. The number of nitrogens with two attached hydrogens (primary N) is 1. The summed E-state index contributed by atoms with van der Waals surface area (Å²) in [4.78, 5) is 8.60. The summed E-state index contributed by atoms with van der Waals surface area (Å²) in [5.74, 6) is 2.71. The molecule has 1 fully saturated rings. The Labute approximate surface area is 182 Å². The Morgan fingerprint density at radius 3 is 2.36 bits per heavy atom. The van der Waals surface area contributed by atoms with Crippen LogP contribution in [0.1, 0.15) is 31.5 Å². The van der Waals surface area contributed by atoms with Crippen molar-refractivity contribution in [1.29, 1.82) is 0 Å². The van der Waals surface area contributed by atoms with Crippen LogP contribution in [0.5, 0.6) is 5.75 Å². The van der Waals surface area contributed by atoms with Gasteiger partial charge in [0, 0.05) is 24.4 Å².